The van der Waals surface area contributed by atoms with Gasteiger partial charge in [-0.2, -0.15) is 0 Å². The Bertz CT molecular complexity index is 4010. The number of carbonyl (C=O) groups excluding carboxylic acids is 5. The van der Waals surface area contributed by atoms with Gasteiger partial charge in [0.2, 0.25) is 29.5 Å². The molecule has 0 aromatic heterocycles. The number of rotatable bonds is 38. The third-order valence-electron chi connectivity index (χ3n) is 25.9. The number of nitrogens with one attached hydrogen (secondary N) is 5. The molecule has 63 nitrogen and oxygen atoms in total. The summed E-state index contributed by atoms with van der Waals surface area (Å²) in [5.41, 5.74) is 0. The number of hydrogen-bond donors (Lipinski definition) is 36. The van der Waals surface area contributed by atoms with Gasteiger partial charge < -0.3 is 284 Å². The van der Waals surface area contributed by atoms with Crippen molar-refractivity contribution in [2.75, 3.05) is 66.1 Å². The summed E-state index contributed by atoms with van der Waals surface area (Å²) in [6, 6.07) is -9.82. The second-order valence-corrected chi connectivity index (χ2v) is 36.0. The largest absolute Gasteiger partial charge is 0.477 e. The summed E-state index contributed by atoms with van der Waals surface area (Å²) in [5, 5.41) is 361. The molecule has 0 aliphatic carbocycles. The normalized spacial score (nSPS) is 48.0. The van der Waals surface area contributed by atoms with E-state index in [9.17, 15) is 187 Å². The van der Waals surface area contributed by atoms with Gasteiger partial charge in [0.25, 0.3) is 5.79 Å². The van der Waals surface area contributed by atoms with E-state index in [1.165, 1.54) is 6.92 Å². The fourth-order valence-corrected chi connectivity index (χ4v) is 18.4. The molecule has 0 bridgehead atoms. The van der Waals surface area contributed by atoms with Crippen molar-refractivity contribution in [1.82, 2.24) is 26.6 Å². The van der Waals surface area contributed by atoms with Gasteiger partial charge in [0.05, 0.1) is 84.3 Å². The van der Waals surface area contributed by atoms with Crippen LogP contribution in [0, 0.1) is 0 Å². The van der Waals surface area contributed by atoms with Crippen LogP contribution in [0.2, 0.25) is 0 Å². The van der Waals surface area contributed by atoms with Crippen LogP contribution in [-0.2, 0) is 128 Å². The molecule has 36 N–H and O–H groups in total. The molecule has 11 fully saturated rings. The van der Waals surface area contributed by atoms with Crippen LogP contribution >= 0.6 is 0 Å². The van der Waals surface area contributed by atoms with E-state index in [0.717, 1.165) is 34.6 Å². The van der Waals surface area contributed by atoms with Crippen molar-refractivity contribution < 1.29 is 287 Å². The lowest BCUT2D eigenvalue weighted by molar-refractivity contribution is -0.401. The molecular formula is C79H131N5O58. The number of carboxylic acids is 1. The monoisotopic (exact) mass is 2080 g/mol. The lowest BCUT2D eigenvalue weighted by atomic mass is 9.88. The molecule has 142 heavy (non-hydrogen) atoms. The fraction of sp³-hybridized carbons (Fsp3) is 0.924. The zero-order chi connectivity index (χ0) is 105. The van der Waals surface area contributed by atoms with Crippen molar-refractivity contribution in [2.45, 2.75) is 391 Å². The van der Waals surface area contributed by atoms with Crippen LogP contribution in [0.15, 0.2) is 0 Å². The maximum atomic E-state index is 13.4. The molecule has 11 rings (SSSR count). The Kier molecular flexibility index (Phi) is 41.7. The number of aliphatic hydroxyl groups excluding tert-OH is 30. The van der Waals surface area contributed by atoms with Gasteiger partial charge in [-0.25, -0.2) is 4.79 Å². The summed E-state index contributed by atoms with van der Waals surface area (Å²) in [6.45, 7) is -6.14. The maximum absolute atomic E-state index is 13.4. The van der Waals surface area contributed by atoms with E-state index in [1.54, 1.807) is 0 Å². The lowest BCUT2D eigenvalue weighted by Gasteiger charge is -2.51. The average molecular weight is 2080 g/mol. The van der Waals surface area contributed by atoms with Gasteiger partial charge >= 0.3 is 5.97 Å². The predicted octanol–water partition coefficient (Wildman–Crippen LogP) is -24.0. The molecule has 11 aliphatic heterocycles. The molecule has 63 heteroatoms. The first-order chi connectivity index (χ1) is 67.0. The van der Waals surface area contributed by atoms with E-state index < -0.39 is 451 Å². The molecule has 5 amide bonds. The third kappa shape index (κ3) is 25.8. The van der Waals surface area contributed by atoms with Gasteiger partial charge in [-0.05, 0) is 6.92 Å². The summed E-state index contributed by atoms with van der Waals surface area (Å²) in [7, 11) is 0. The van der Waals surface area contributed by atoms with E-state index in [2.05, 4.69) is 26.6 Å². The predicted molar refractivity (Wildman–Crippen MR) is 436 cm³/mol. The van der Waals surface area contributed by atoms with Crippen molar-refractivity contribution >= 4 is 35.5 Å². The summed E-state index contributed by atoms with van der Waals surface area (Å²) >= 11 is 0. The van der Waals surface area contributed by atoms with E-state index in [1.807, 2.05) is 0 Å². The highest BCUT2D eigenvalue weighted by Gasteiger charge is 2.65. The quantitative estimate of drug-likeness (QED) is 0.0273. The Morgan fingerprint density at radius 3 is 1.06 bits per heavy atom. The Labute approximate surface area is 803 Å². The molecule has 0 spiro atoms. The molecule has 0 saturated carbocycles. The number of carboxylic acid groups (broad SMARTS) is 1. The van der Waals surface area contributed by atoms with E-state index in [-0.39, 0.29) is 0 Å². The molecular weight excluding hydrogens is 1950 g/mol. The molecule has 0 unspecified atom stereocenters. The highest BCUT2D eigenvalue weighted by atomic mass is 16.8. The van der Waals surface area contributed by atoms with Crippen molar-refractivity contribution in [3.63, 3.8) is 0 Å². The third-order valence-corrected chi connectivity index (χ3v) is 25.9. The molecule has 11 saturated heterocycles. The van der Waals surface area contributed by atoms with Gasteiger partial charge in [0, 0.05) is 41.0 Å². The topological polar surface area (TPSA) is 984 Å². The SMILES string of the molecule is CC(=O)N[C@@H]1[C@@H](O)[C@H](O[C@@H]2O[C@H](CO)[C@@H](O[C@@H]3O[C@H](CO[C@H]4O[C@H](CO)[C@@H](O)[C@H](O)[C@@H]4O[C@@H]4O[C@H](CO)[C@@H](O[C@@H]5O[C@H](CO)[C@H](O)[C@H](O)[C@H]5O)[C@H](O)[C@H]4NC(C)=O)[C@@H](O)[C@H](O[C@H]4O[C@H](CO)[C@@H](O)[C@H](O)[C@@H]4O[C@@H]4O[C@H](CO)[C@@H](O[C@@H]5O[C@H](CO)[C@H](O)[C@H](O[C@]6(C(=O)O)C[C@H](O)[C@@H](NC(C)=O)[C@H]([C@H](O)[C@H](O)CO)O6)[C@H]5O)[C@H](O)[C@H]4NC(C)=O)[C@@H]3O)[C@H](O)[C@H]2NC(C)=O)[C@@H](CO[C@@H]2O[C@@H](C)[C@@H](O)[C@@H](O)[C@@H]2O)O[C@H]1O. The van der Waals surface area contributed by atoms with E-state index in [4.69, 9.17) is 99.5 Å². The fourth-order valence-electron chi connectivity index (χ4n) is 18.4. The van der Waals surface area contributed by atoms with Gasteiger partial charge in [-0.15, -0.1) is 0 Å². The van der Waals surface area contributed by atoms with E-state index >= 15 is 0 Å². The van der Waals surface area contributed by atoms with Gasteiger partial charge in [0.1, 0.15) is 256 Å². The minimum Gasteiger partial charge on any atom is -0.477 e. The molecule has 0 aromatic carbocycles. The average Bonchev–Trinajstić information content (AvgIpc) is 0.804. The summed E-state index contributed by atoms with van der Waals surface area (Å²) in [5.74, 6) is -10.4. The zero-order valence-electron chi connectivity index (χ0n) is 76.4. The maximum Gasteiger partial charge on any atom is 0.364 e. The molecule has 820 valence electrons. The smallest absolute Gasteiger partial charge is 0.364 e. The number of carbonyl (C=O) groups is 6. The summed E-state index contributed by atoms with van der Waals surface area (Å²) in [6.07, 6.45) is -111. The van der Waals surface area contributed by atoms with Crippen LogP contribution in [0.4, 0.5) is 0 Å². The second-order valence-electron chi connectivity index (χ2n) is 36.0. The van der Waals surface area contributed by atoms with Gasteiger partial charge in [-0.3, -0.25) is 24.0 Å². The van der Waals surface area contributed by atoms with Gasteiger partial charge in [-0.1, -0.05) is 0 Å². The van der Waals surface area contributed by atoms with Crippen LogP contribution in [0.1, 0.15) is 48.0 Å². The number of aliphatic hydroxyl groups is 30. The van der Waals surface area contributed by atoms with Crippen LogP contribution in [0.5, 0.6) is 0 Å². The van der Waals surface area contributed by atoms with Crippen LogP contribution in [0.25, 0.3) is 0 Å². The Morgan fingerprint density at radius 2 is 0.620 bits per heavy atom. The zero-order valence-corrected chi connectivity index (χ0v) is 76.4. The van der Waals surface area contributed by atoms with Crippen LogP contribution < -0.4 is 26.6 Å². The molecule has 0 aromatic rings. The van der Waals surface area contributed by atoms with Crippen LogP contribution in [0.3, 0.4) is 0 Å². The Hall–Kier alpha value is -5.22. The molecule has 11 aliphatic rings. The standard InChI is InChI=1S/C79H131N5O58/c1-18-40(100)51(111)55(115)72(124-18)122-17-34-62(47(107)36(68(119)125-34)81-20(3)94)134-69-37(82-21(4)95)48(108)60(31(14-91)130-69)136-74-57(117)64(46(106)33(133-74)16-123-76-66(53(113)43(103)27(10-87)128-76)139-70-38(83-22(5)96)49(109)59(30(13-90)131-70)135-73-56(116)52(112)42(102)26(9-86)126-73)138-77-67(54(114)44(104)28(11-88)129-77)140-71-39(84-23(6)97)50(110)61(32(15-92)132-71)137-75-58(118)65(45(105)29(12-89)127-75)142-79(78(120)121)7-24(98)35(80-19(2)93)63(141-79)41(101)25(99)8-85/h18,24-77,85-92,98-119H,7-17H2,1-6H3,(H,80,93)(H,81,94)(H,82,95)(H,83,96)(H,84,97)(H,120,121)/t18-,24-,25+,26+,27+,28+,29+,30+,31+,32+,33+,34+,35+,36+,37+,38+,39+,40+,41+,42-,43+,44+,45-,46+,47+,48+,49+,50+,51+,52-,53-,54-,55-,56+,57-,58+,59+,60+,61+,62+,63+,64-,65-,66-,67-,68+,69-,70-,71-,72+,73-,74-,75-,76-,77+,79-/m0/s1. The molecule has 11 heterocycles. The number of ether oxygens (including phenoxy) is 21. The lowest BCUT2D eigenvalue weighted by Crippen LogP contribution is -2.71. The summed E-state index contributed by atoms with van der Waals surface area (Å²) < 4.78 is 125. The van der Waals surface area contributed by atoms with Crippen molar-refractivity contribution in [1.29, 1.82) is 0 Å². The first-order valence-corrected chi connectivity index (χ1v) is 45.1. The molecule has 56 atom stereocenters. The van der Waals surface area contributed by atoms with Crippen molar-refractivity contribution in [3.05, 3.63) is 0 Å². The Balaban J connectivity index is 0.920. The number of amides is 5. The molecule has 0 radical (unpaired) electrons. The first kappa shape index (κ1) is 117. The van der Waals surface area contributed by atoms with E-state index in [0.29, 0.717) is 0 Å². The number of aliphatic carboxylic acids is 1. The minimum absolute atomic E-state index is 0.840. The summed E-state index contributed by atoms with van der Waals surface area (Å²) in [4.78, 5) is 77.9. The van der Waals surface area contributed by atoms with Crippen molar-refractivity contribution in [2.24, 2.45) is 0 Å². The van der Waals surface area contributed by atoms with Crippen LogP contribution in [-0.4, -0.2) is 603 Å². The Morgan fingerprint density at radius 1 is 0.303 bits per heavy atom. The first-order valence-electron chi connectivity index (χ1n) is 45.1. The minimum atomic E-state index is -3.35. The second kappa shape index (κ2) is 50.6. The highest BCUT2D eigenvalue weighted by Crippen LogP contribution is 2.44. The van der Waals surface area contributed by atoms with Crippen molar-refractivity contribution in [3.8, 4) is 0 Å². The van der Waals surface area contributed by atoms with Gasteiger partial charge in [0.15, 0.2) is 62.9 Å². The highest BCUT2D eigenvalue weighted by molar-refractivity contribution is 5.77. The number of hydrogen-bond acceptors (Lipinski definition) is 57.